The standard InChI is InChI=1S/C11H11F4N/c1-3-10(16-2)7-4-5-9(12)8(6-7)11(13,14)15/h3-6,10,16H,1H2,2H3. The fourth-order valence-electron chi connectivity index (χ4n) is 1.37. The molecule has 0 aliphatic carbocycles. The molecular formula is C11H11F4N. The molecule has 0 aromatic heterocycles. The van der Waals surface area contributed by atoms with Crippen LogP contribution in [0.25, 0.3) is 0 Å². The van der Waals surface area contributed by atoms with Crippen LogP contribution in [0.5, 0.6) is 0 Å². The highest BCUT2D eigenvalue weighted by Gasteiger charge is 2.34. The first kappa shape index (κ1) is 12.7. The van der Waals surface area contributed by atoms with E-state index in [-0.39, 0.29) is 0 Å². The summed E-state index contributed by atoms with van der Waals surface area (Å²) in [5.74, 6) is -1.27. The van der Waals surface area contributed by atoms with Gasteiger partial charge in [-0.3, -0.25) is 0 Å². The van der Waals surface area contributed by atoms with Crippen molar-refractivity contribution in [2.45, 2.75) is 12.2 Å². The third-order valence-corrected chi connectivity index (χ3v) is 2.20. The summed E-state index contributed by atoms with van der Waals surface area (Å²) in [5, 5.41) is 2.76. The second-order valence-corrected chi connectivity index (χ2v) is 3.24. The normalized spacial score (nSPS) is 13.6. The Balaban J connectivity index is 3.22. The Bertz CT molecular complexity index is 384. The van der Waals surface area contributed by atoms with Crippen LogP contribution in [0.1, 0.15) is 17.2 Å². The summed E-state index contributed by atoms with van der Waals surface area (Å²) in [6.07, 6.45) is -3.23. The first-order chi connectivity index (χ1) is 7.40. The van der Waals surface area contributed by atoms with Crippen LogP contribution in [0.15, 0.2) is 30.9 Å². The van der Waals surface area contributed by atoms with E-state index < -0.39 is 23.6 Å². The summed E-state index contributed by atoms with van der Waals surface area (Å²) in [7, 11) is 1.59. The first-order valence-electron chi connectivity index (χ1n) is 4.56. The highest BCUT2D eigenvalue weighted by Crippen LogP contribution is 2.33. The molecule has 0 amide bonds. The van der Waals surface area contributed by atoms with Crippen molar-refractivity contribution < 1.29 is 17.6 Å². The molecule has 1 aromatic carbocycles. The van der Waals surface area contributed by atoms with E-state index in [9.17, 15) is 17.6 Å². The van der Waals surface area contributed by atoms with E-state index in [1.54, 1.807) is 7.05 Å². The number of rotatable bonds is 3. The molecule has 16 heavy (non-hydrogen) atoms. The van der Waals surface area contributed by atoms with Gasteiger partial charge in [0.1, 0.15) is 5.82 Å². The van der Waals surface area contributed by atoms with Crippen LogP contribution in [-0.2, 0) is 6.18 Å². The third-order valence-electron chi connectivity index (χ3n) is 2.20. The third kappa shape index (κ3) is 2.61. The van der Waals surface area contributed by atoms with E-state index in [1.165, 1.54) is 12.1 Å². The van der Waals surface area contributed by atoms with Crippen molar-refractivity contribution in [1.82, 2.24) is 5.32 Å². The molecule has 1 rings (SSSR count). The number of benzene rings is 1. The van der Waals surface area contributed by atoms with E-state index >= 15 is 0 Å². The van der Waals surface area contributed by atoms with Gasteiger partial charge < -0.3 is 5.32 Å². The quantitative estimate of drug-likeness (QED) is 0.624. The van der Waals surface area contributed by atoms with Gasteiger partial charge in [0.05, 0.1) is 11.6 Å². The lowest BCUT2D eigenvalue weighted by Gasteiger charge is -2.15. The van der Waals surface area contributed by atoms with Crippen LogP contribution in [-0.4, -0.2) is 7.05 Å². The summed E-state index contributed by atoms with van der Waals surface area (Å²) in [4.78, 5) is 0. The molecule has 1 nitrogen and oxygen atoms in total. The topological polar surface area (TPSA) is 12.0 Å². The van der Waals surface area contributed by atoms with E-state index in [0.29, 0.717) is 5.56 Å². The zero-order valence-corrected chi connectivity index (χ0v) is 8.61. The van der Waals surface area contributed by atoms with Gasteiger partial charge in [-0.15, -0.1) is 6.58 Å². The molecule has 88 valence electrons. The number of likely N-dealkylation sites (N-methyl/N-ethyl adjacent to an activating group) is 1. The maximum Gasteiger partial charge on any atom is 0.419 e. The average molecular weight is 233 g/mol. The summed E-state index contributed by atoms with van der Waals surface area (Å²) in [6, 6.07) is 2.47. The Kier molecular flexibility index (Phi) is 3.70. The highest BCUT2D eigenvalue weighted by atomic mass is 19.4. The van der Waals surface area contributed by atoms with Crippen molar-refractivity contribution in [1.29, 1.82) is 0 Å². The van der Waals surface area contributed by atoms with Gasteiger partial charge in [-0.2, -0.15) is 13.2 Å². The van der Waals surface area contributed by atoms with Gasteiger partial charge in [0.25, 0.3) is 0 Å². The summed E-state index contributed by atoms with van der Waals surface area (Å²) < 4.78 is 50.2. The molecular weight excluding hydrogens is 222 g/mol. The van der Waals surface area contributed by atoms with Crippen molar-refractivity contribution in [3.05, 3.63) is 47.8 Å². The molecule has 1 atom stereocenters. The zero-order chi connectivity index (χ0) is 12.3. The molecule has 0 bridgehead atoms. The number of hydrogen-bond donors (Lipinski definition) is 1. The van der Waals surface area contributed by atoms with Crippen LogP contribution >= 0.6 is 0 Å². The fraction of sp³-hybridized carbons (Fsp3) is 0.273. The van der Waals surface area contributed by atoms with Gasteiger partial charge in [-0.05, 0) is 24.7 Å². The summed E-state index contributed by atoms with van der Waals surface area (Å²) in [5.41, 5.74) is -0.932. The SMILES string of the molecule is C=CC(NC)c1ccc(F)c(C(F)(F)F)c1. The van der Waals surface area contributed by atoms with E-state index in [4.69, 9.17) is 0 Å². The minimum atomic E-state index is -4.68. The smallest absolute Gasteiger partial charge is 0.310 e. The van der Waals surface area contributed by atoms with Crippen LogP contribution in [0.2, 0.25) is 0 Å². The van der Waals surface area contributed by atoms with Crippen LogP contribution in [0.3, 0.4) is 0 Å². The monoisotopic (exact) mass is 233 g/mol. The van der Waals surface area contributed by atoms with Crippen molar-refractivity contribution in [3.8, 4) is 0 Å². The molecule has 0 heterocycles. The Morgan fingerprint density at radius 1 is 1.38 bits per heavy atom. The van der Waals surface area contributed by atoms with Crippen molar-refractivity contribution in [3.63, 3.8) is 0 Å². The number of nitrogens with one attached hydrogen (secondary N) is 1. The largest absolute Gasteiger partial charge is 0.419 e. The number of alkyl halides is 3. The zero-order valence-electron chi connectivity index (χ0n) is 8.61. The molecule has 0 aliphatic rings. The highest BCUT2D eigenvalue weighted by molar-refractivity contribution is 5.31. The Morgan fingerprint density at radius 2 is 2.00 bits per heavy atom. The van der Waals surface area contributed by atoms with Gasteiger partial charge in [0.15, 0.2) is 0 Å². The van der Waals surface area contributed by atoms with Gasteiger partial charge in [0, 0.05) is 0 Å². The predicted octanol–water partition coefficient (Wildman–Crippen LogP) is 3.29. The molecule has 0 fully saturated rings. The second-order valence-electron chi connectivity index (χ2n) is 3.24. The minimum Gasteiger partial charge on any atom is -0.310 e. The maximum absolute atomic E-state index is 13.0. The van der Waals surface area contributed by atoms with Gasteiger partial charge in [-0.25, -0.2) is 4.39 Å². The maximum atomic E-state index is 13.0. The second kappa shape index (κ2) is 4.65. The Morgan fingerprint density at radius 3 is 2.44 bits per heavy atom. The van der Waals surface area contributed by atoms with Gasteiger partial charge >= 0.3 is 6.18 Å². The van der Waals surface area contributed by atoms with E-state index in [2.05, 4.69) is 11.9 Å². The Labute approximate surface area is 90.8 Å². The molecule has 5 heteroatoms. The molecule has 0 aliphatic heterocycles. The average Bonchev–Trinajstić information content (AvgIpc) is 2.20. The Hall–Kier alpha value is -1.36. The van der Waals surface area contributed by atoms with Gasteiger partial charge in [-0.1, -0.05) is 12.1 Å². The lowest BCUT2D eigenvalue weighted by atomic mass is 10.0. The fourth-order valence-corrected chi connectivity index (χ4v) is 1.37. The predicted molar refractivity (Wildman–Crippen MR) is 53.4 cm³/mol. The van der Waals surface area contributed by atoms with Crippen molar-refractivity contribution in [2.24, 2.45) is 0 Å². The molecule has 0 saturated heterocycles. The molecule has 0 saturated carbocycles. The van der Waals surface area contributed by atoms with Crippen molar-refractivity contribution in [2.75, 3.05) is 7.05 Å². The van der Waals surface area contributed by atoms with Crippen LogP contribution in [0, 0.1) is 5.82 Å². The van der Waals surface area contributed by atoms with Crippen LogP contribution < -0.4 is 5.32 Å². The molecule has 0 spiro atoms. The first-order valence-corrected chi connectivity index (χ1v) is 4.56. The molecule has 1 N–H and O–H groups in total. The lowest BCUT2D eigenvalue weighted by molar-refractivity contribution is -0.140. The van der Waals surface area contributed by atoms with Crippen LogP contribution in [0.4, 0.5) is 17.6 Å². The molecule has 1 aromatic rings. The lowest BCUT2D eigenvalue weighted by Crippen LogP contribution is -2.16. The van der Waals surface area contributed by atoms with Gasteiger partial charge in [0.2, 0.25) is 0 Å². The summed E-state index contributed by atoms with van der Waals surface area (Å²) >= 11 is 0. The van der Waals surface area contributed by atoms with Crippen molar-refractivity contribution >= 4 is 0 Å². The molecule has 0 radical (unpaired) electrons. The van der Waals surface area contributed by atoms with E-state index in [1.807, 2.05) is 0 Å². The summed E-state index contributed by atoms with van der Waals surface area (Å²) in [6.45, 7) is 3.49. The number of hydrogen-bond acceptors (Lipinski definition) is 1. The number of halogens is 4. The molecule has 1 unspecified atom stereocenters. The van der Waals surface area contributed by atoms with E-state index in [0.717, 1.165) is 12.1 Å². The minimum absolute atomic E-state index is 0.325.